The van der Waals surface area contributed by atoms with Crippen LogP contribution in [0.5, 0.6) is 0 Å². The first-order valence-corrected chi connectivity index (χ1v) is 25.2. The Balaban J connectivity index is 1.83. The zero-order valence-corrected chi connectivity index (χ0v) is 40.2. The molecule has 0 aliphatic carbocycles. The number of allylic oxidation sites excluding steroid dienone is 8. The number of unbranched alkanes of at least 4 members (excludes halogenated alkanes) is 16. The summed E-state index contributed by atoms with van der Waals surface area (Å²) in [6, 6.07) is 0. The molecule has 0 aromatic rings. The van der Waals surface area contributed by atoms with Crippen LogP contribution in [0.15, 0.2) is 48.6 Å². The number of hydrogen-bond donors (Lipinski definition) is 7. The van der Waals surface area contributed by atoms with Crippen molar-refractivity contribution < 1.29 is 73.8 Å². The first-order valence-electron chi connectivity index (χ1n) is 25.2. The molecule has 382 valence electrons. The molecule has 0 amide bonds. The highest BCUT2D eigenvalue weighted by atomic mass is 16.7. The van der Waals surface area contributed by atoms with Crippen LogP contribution in [0.25, 0.3) is 0 Å². The van der Waals surface area contributed by atoms with Gasteiger partial charge in [0, 0.05) is 12.8 Å². The van der Waals surface area contributed by atoms with Crippen LogP contribution < -0.4 is 0 Å². The number of aliphatic hydroxyl groups is 7. The van der Waals surface area contributed by atoms with E-state index in [2.05, 4.69) is 62.5 Å². The van der Waals surface area contributed by atoms with Gasteiger partial charge < -0.3 is 64.2 Å². The average Bonchev–Trinajstić information content (AvgIpc) is 3.31. The van der Waals surface area contributed by atoms with Gasteiger partial charge in [-0.05, 0) is 70.6 Å². The van der Waals surface area contributed by atoms with E-state index in [9.17, 15) is 45.3 Å². The lowest BCUT2D eigenvalue weighted by Crippen LogP contribution is -2.61. The summed E-state index contributed by atoms with van der Waals surface area (Å²) >= 11 is 0. The number of hydrogen-bond acceptors (Lipinski definition) is 15. The van der Waals surface area contributed by atoms with Gasteiger partial charge in [-0.25, -0.2) is 0 Å². The van der Waals surface area contributed by atoms with Gasteiger partial charge in [0.25, 0.3) is 0 Å². The van der Waals surface area contributed by atoms with Crippen molar-refractivity contribution in [1.82, 2.24) is 0 Å². The lowest BCUT2D eigenvalue weighted by atomic mass is 9.98. The Hall–Kier alpha value is -2.54. The van der Waals surface area contributed by atoms with Crippen LogP contribution in [0.4, 0.5) is 0 Å². The summed E-state index contributed by atoms with van der Waals surface area (Å²) in [6.45, 7) is 2.44. The molecule has 15 heteroatoms. The number of ether oxygens (including phenoxy) is 6. The van der Waals surface area contributed by atoms with Crippen LogP contribution in [-0.2, 0) is 38.0 Å². The van der Waals surface area contributed by atoms with E-state index >= 15 is 0 Å². The standard InChI is InChI=1S/C51H88O15/c1-3-5-7-9-11-13-15-17-19-21-23-25-27-29-31-33-42(53)61-36-39(64-43(54)34-32-30-28-26-24-22-20-18-16-14-12-10-8-6-4-2)37-62-50-49(60)47(58)45(56)41(66-50)38-63-51-48(59)46(57)44(55)40(35-52)65-51/h5,7,11,13,17-20,39-41,44-52,55-60H,3-4,6,8-10,12,14-16,21-38H2,1-2H3. The molecule has 2 heterocycles. The molecule has 0 bridgehead atoms. The Bertz CT molecular complexity index is 1340. The van der Waals surface area contributed by atoms with Crippen LogP contribution in [-0.4, -0.2) is 142 Å². The van der Waals surface area contributed by atoms with Crippen molar-refractivity contribution in [2.75, 3.05) is 26.4 Å². The zero-order valence-electron chi connectivity index (χ0n) is 40.2. The molecular weight excluding hydrogens is 853 g/mol. The van der Waals surface area contributed by atoms with Gasteiger partial charge in [-0.15, -0.1) is 0 Å². The predicted molar refractivity (Wildman–Crippen MR) is 252 cm³/mol. The molecule has 66 heavy (non-hydrogen) atoms. The van der Waals surface area contributed by atoms with Gasteiger partial charge in [0.15, 0.2) is 18.7 Å². The molecule has 0 saturated carbocycles. The highest BCUT2D eigenvalue weighted by Gasteiger charge is 2.47. The molecule has 2 aliphatic heterocycles. The van der Waals surface area contributed by atoms with Gasteiger partial charge in [-0.2, -0.15) is 0 Å². The van der Waals surface area contributed by atoms with Gasteiger partial charge in [-0.3, -0.25) is 9.59 Å². The highest BCUT2D eigenvalue weighted by Crippen LogP contribution is 2.26. The summed E-state index contributed by atoms with van der Waals surface area (Å²) in [5, 5.41) is 72.0. The summed E-state index contributed by atoms with van der Waals surface area (Å²) in [6.07, 6.45) is 24.2. The van der Waals surface area contributed by atoms with Crippen LogP contribution in [0, 0.1) is 0 Å². The minimum atomic E-state index is -1.77. The van der Waals surface area contributed by atoms with E-state index in [0.717, 1.165) is 89.9 Å². The van der Waals surface area contributed by atoms with Crippen molar-refractivity contribution in [3.05, 3.63) is 48.6 Å². The molecule has 0 aromatic carbocycles. The molecule has 2 aliphatic rings. The third kappa shape index (κ3) is 26.3. The number of aliphatic hydroxyl groups excluding tert-OH is 7. The predicted octanol–water partition coefficient (Wildman–Crippen LogP) is 6.71. The van der Waals surface area contributed by atoms with Gasteiger partial charge in [0.05, 0.1) is 19.8 Å². The van der Waals surface area contributed by atoms with Crippen LogP contribution in [0.2, 0.25) is 0 Å². The summed E-state index contributed by atoms with van der Waals surface area (Å²) < 4.78 is 33.5. The Morgan fingerprint density at radius 1 is 0.500 bits per heavy atom. The third-order valence-electron chi connectivity index (χ3n) is 11.8. The van der Waals surface area contributed by atoms with Crippen molar-refractivity contribution in [3.63, 3.8) is 0 Å². The maximum absolute atomic E-state index is 13.0. The normalized spacial score (nSPS) is 26.6. The fourth-order valence-corrected chi connectivity index (χ4v) is 7.64. The SMILES string of the molecule is CCC=CCC=CCC=CCCCCCCCC(=O)OCC(COC1OC(COC2OC(CO)C(O)C(O)C2O)C(O)C(O)C1O)OC(=O)CCCCCCCC=CCCCCCCCC. The number of carbonyl (C=O) groups excluding carboxylic acids is 2. The van der Waals surface area contributed by atoms with Crippen molar-refractivity contribution in [2.45, 2.75) is 235 Å². The summed E-state index contributed by atoms with van der Waals surface area (Å²) in [5.74, 6) is -0.956. The first kappa shape index (κ1) is 59.6. The van der Waals surface area contributed by atoms with E-state index in [-0.39, 0.29) is 19.4 Å². The van der Waals surface area contributed by atoms with E-state index in [0.29, 0.717) is 12.8 Å². The Morgan fingerprint density at radius 3 is 1.52 bits per heavy atom. The Morgan fingerprint density at radius 2 is 0.955 bits per heavy atom. The molecule has 2 rings (SSSR count). The molecule has 0 spiro atoms. The van der Waals surface area contributed by atoms with E-state index in [4.69, 9.17) is 28.4 Å². The minimum Gasteiger partial charge on any atom is -0.462 e. The maximum Gasteiger partial charge on any atom is 0.306 e. The zero-order chi connectivity index (χ0) is 48.2. The summed E-state index contributed by atoms with van der Waals surface area (Å²) in [5.41, 5.74) is 0. The molecule has 2 saturated heterocycles. The molecule has 0 aromatic heterocycles. The van der Waals surface area contributed by atoms with Crippen LogP contribution >= 0.6 is 0 Å². The lowest BCUT2D eigenvalue weighted by molar-refractivity contribution is -0.332. The molecule has 15 nitrogen and oxygen atoms in total. The van der Waals surface area contributed by atoms with Gasteiger partial charge in [-0.1, -0.05) is 133 Å². The first-order chi connectivity index (χ1) is 32.0. The summed E-state index contributed by atoms with van der Waals surface area (Å²) in [7, 11) is 0. The fraction of sp³-hybridized carbons (Fsp3) is 0.804. The van der Waals surface area contributed by atoms with Crippen molar-refractivity contribution in [1.29, 1.82) is 0 Å². The Labute approximate surface area is 395 Å². The van der Waals surface area contributed by atoms with Gasteiger partial charge >= 0.3 is 11.9 Å². The topological polar surface area (TPSA) is 231 Å². The maximum atomic E-state index is 13.0. The van der Waals surface area contributed by atoms with Crippen molar-refractivity contribution in [3.8, 4) is 0 Å². The minimum absolute atomic E-state index is 0.150. The number of esters is 2. The third-order valence-corrected chi connectivity index (χ3v) is 11.8. The molecule has 2 fully saturated rings. The fourth-order valence-electron chi connectivity index (χ4n) is 7.64. The van der Waals surface area contributed by atoms with Crippen LogP contribution in [0.3, 0.4) is 0 Å². The monoisotopic (exact) mass is 941 g/mol. The number of rotatable bonds is 38. The highest BCUT2D eigenvalue weighted by molar-refractivity contribution is 5.70. The van der Waals surface area contributed by atoms with E-state index in [1.54, 1.807) is 0 Å². The molecule has 0 radical (unpaired) electrons. The van der Waals surface area contributed by atoms with E-state index < -0.39 is 99.3 Å². The van der Waals surface area contributed by atoms with Gasteiger partial charge in [0.1, 0.15) is 55.4 Å². The van der Waals surface area contributed by atoms with Crippen molar-refractivity contribution in [2.24, 2.45) is 0 Å². The van der Waals surface area contributed by atoms with Gasteiger partial charge in [0.2, 0.25) is 0 Å². The molecular formula is C51H88O15. The smallest absolute Gasteiger partial charge is 0.306 e. The second kappa shape index (κ2) is 38.3. The lowest BCUT2D eigenvalue weighted by Gasteiger charge is -2.42. The molecule has 11 unspecified atom stereocenters. The van der Waals surface area contributed by atoms with Crippen LogP contribution in [0.1, 0.15) is 168 Å². The quantitative estimate of drug-likeness (QED) is 0.0194. The summed E-state index contributed by atoms with van der Waals surface area (Å²) in [4.78, 5) is 25.7. The number of carbonyl (C=O) groups is 2. The van der Waals surface area contributed by atoms with E-state index in [1.807, 2.05) is 0 Å². The molecule has 7 N–H and O–H groups in total. The second-order valence-electron chi connectivity index (χ2n) is 17.6. The van der Waals surface area contributed by atoms with Crippen molar-refractivity contribution >= 4 is 11.9 Å². The largest absolute Gasteiger partial charge is 0.462 e. The average molecular weight is 941 g/mol. The molecule has 11 atom stereocenters. The van der Waals surface area contributed by atoms with E-state index in [1.165, 1.54) is 38.5 Å². The Kier molecular flexibility index (Phi) is 34.6. The second-order valence-corrected chi connectivity index (χ2v) is 17.6.